The van der Waals surface area contributed by atoms with Crippen molar-refractivity contribution >= 4 is 33.0 Å². The topological polar surface area (TPSA) is 79.0 Å². The molecule has 21 heavy (non-hydrogen) atoms. The highest BCUT2D eigenvalue weighted by molar-refractivity contribution is 9.10. The van der Waals surface area contributed by atoms with Gasteiger partial charge in [-0.25, -0.2) is 4.39 Å². The first-order valence-corrected chi connectivity index (χ1v) is 6.63. The van der Waals surface area contributed by atoms with Gasteiger partial charge in [-0.1, -0.05) is 0 Å². The van der Waals surface area contributed by atoms with Crippen LogP contribution in [0.5, 0.6) is 0 Å². The van der Waals surface area contributed by atoms with Gasteiger partial charge in [0, 0.05) is 17.4 Å². The van der Waals surface area contributed by atoms with Gasteiger partial charge in [0.2, 0.25) is 0 Å². The van der Waals surface area contributed by atoms with Crippen molar-refractivity contribution in [3.63, 3.8) is 0 Å². The molecule has 106 valence electrons. The van der Waals surface area contributed by atoms with Crippen molar-refractivity contribution < 1.29 is 9.31 Å². The second-order valence-electron chi connectivity index (χ2n) is 4.31. The molecule has 0 aliphatic rings. The lowest BCUT2D eigenvalue weighted by Crippen LogP contribution is -1.97. The van der Waals surface area contributed by atoms with E-state index in [0.717, 1.165) is 0 Å². The SMILES string of the molecule is Cc1cc(F)c(Br)cc1Nc1ccc([N+](=O)[O-])c(C#N)c1. The van der Waals surface area contributed by atoms with E-state index in [-0.39, 0.29) is 17.1 Å². The van der Waals surface area contributed by atoms with Crippen LogP contribution < -0.4 is 5.32 Å². The van der Waals surface area contributed by atoms with Crippen molar-refractivity contribution in [1.29, 1.82) is 5.26 Å². The van der Waals surface area contributed by atoms with Crippen LogP contribution in [0.2, 0.25) is 0 Å². The van der Waals surface area contributed by atoms with E-state index in [1.54, 1.807) is 19.1 Å². The zero-order valence-corrected chi connectivity index (χ0v) is 12.4. The Kier molecular flexibility index (Phi) is 4.19. The molecule has 0 amide bonds. The Morgan fingerprint density at radius 3 is 2.71 bits per heavy atom. The first-order chi connectivity index (χ1) is 9.92. The van der Waals surface area contributed by atoms with Gasteiger partial charge in [-0.15, -0.1) is 0 Å². The van der Waals surface area contributed by atoms with Crippen LogP contribution in [0.3, 0.4) is 0 Å². The molecule has 1 N–H and O–H groups in total. The first-order valence-electron chi connectivity index (χ1n) is 5.83. The van der Waals surface area contributed by atoms with Crippen LogP contribution in [-0.2, 0) is 0 Å². The van der Waals surface area contributed by atoms with Gasteiger partial charge in [-0.05, 0) is 52.7 Å². The molecule has 0 aromatic heterocycles. The molecular formula is C14H9BrFN3O2. The molecule has 0 bridgehead atoms. The Labute approximate surface area is 128 Å². The fraction of sp³-hybridized carbons (Fsp3) is 0.0714. The Hall–Kier alpha value is -2.46. The van der Waals surface area contributed by atoms with Gasteiger partial charge in [0.15, 0.2) is 0 Å². The normalized spacial score (nSPS) is 10.0. The minimum atomic E-state index is -0.609. The van der Waals surface area contributed by atoms with Crippen molar-refractivity contribution in [2.75, 3.05) is 5.32 Å². The van der Waals surface area contributed by atoms with Crippen molar-refractivity contribution in [2.45, 2.75) is 6.92 Å². The third-order valence-corrected chi connectivity index (χ3v) is 3.47. The summed E-state index contributed by atoms with van der Waals surface area (Å²) < 4.78 is 13.7. The molecule has 7 heteroatoms. The Balaban J connectivity index is 2.39. The summed E-state index contributed by atoms with van der Waals surface area (Å²) in [6.45, 7) is 1.73. The van der Waals surface area contributed by atoms with Crippen LogP contribution in [0.15, 0.2) is 34.8 Å². The van der Waals surface area contributed by atoms with Gasteiger partial charge in [0.25, 0.3) is 5.69 Å². The van der Waals surface area contributed by atoms with Crippen LogP contribution in [0.4, 0.5) is 21.5 Å². The van der Waals surface area contributed by atoms with Crippen molar-refractivity contribution in [3.05, 3.63) is 61.9 Å². The number of benzene rings is 2. The summed E-state index contributed by atoms with van der Waals surface area (Å²) in [4.78, 5) is 10.2. The molecule has 0 aliphatic heterocycles. The van der Waals surface area contributed by atoms with E-state index in [1.165, 1.54) is 24.3 Å². The molecule has 0 saturated heterocycles. The molecule has 0 heterocycles. The largest absolute Gasteiger partial charge is 0.355 e. The lowest BCUT2D eigenvalue weighted by Gasteiger charge is -2.11. The molecule has 0 fully saturated rings. The highest BCUT2D eigenvalue weighted by Gasteiger charge is 2.14. The molecule has 2 aromatic rings. The number of nitrogens with zero attached hydrogens (tertiary/aromatic N) is 2. The quantitative estimate of drug-likeness (QED) is 0.656. The Morgan fingerprint density at radius 2 is 2.10 bits per heavy atom. The van der Waals surface area contributed by atoms with Crippen LogP contribution in [0.1, 0.15) is 11.1 Å². The fourth-order valence-corrected chi connectivity index (χ4v) is 2.14. The highest BCUT2D eigenvalue weighted by atomic mass is 79.9. The Bertz CT molecular complexity index is 772. The average Bonchev–Trinajstić information content (AvgIpc) is 2.44. The maximum atomic E-state index is 13.4. The minimum absolute atomic E-state index is 0.0381. The molecule has 0 spiro atoms. The second-order valence-corrected chi connectivity index (χ2v) is 5.16. The summed E-state index contributed by atoms with van der Waals surface area (Å²) in [7, 11) is 0. The van der Waals surface area contributed by atoms with Crippen molar-refractivity contribution in [3.8, 4) is 6.07 Å². The van der Waals surface area contributed by atoms with Crippen LogP contribution in [0, 0.1) is 34.2 Å². The number of nitriles is 1. The number of nitrogens with one attached hydrogen (secondary N) is 1. The number of anilines is 2. The van der Waals surface area contributed by atoms with Gasteiger partial charge >= 0.3 is 0 Å². The van der Waals surface area contributed by atoms with E-state index >= 15 is 0 Å². The lowest BCUT2D eigenvalue weighted by atomic mass is 10.1. The predicted molar refractivity (Wildman–Crippen MR) is 79.9 cm³/mol. The standard InChI is InChI=1S/C14H9BrFN3O2/c1-8-4-12(16)11(15)6-13(8)18-10-2-3-14(19(20)21)9(5-10)7-17/h2-6,18H,1H3. The highest BCUT2D eigenvalue weighted by Crippen LogP contribution is 2.29. The molecule has 0 atom stereocenters. The van der Waals surface area contributed by atoms with Gasteiger partial charge < -0.3 is 5.32 Å². The van der Waals surface area contributed by atoms with Gasteiger partial charge in [-0.3, -0.25) is 10.1 Å². The van der Waals surface area contributed by atoms with E-state index in [0.29, 0.717) is 21.4 Å². The fourth-order valence-electron chi connectivity index (χ4n) is 1.80. The summed E-state index contributed by atoms with van der Waals surface area (Å²) >= 11 is 3.10. The average molecular weight is 350 g/mol. The van der Waals surface area contributed by atoms with Gasteiger partial charge in [0.1, 0.15) is 17.4 Å². The van der Waals surface area contributed by atoms with Gasteiger partial charge in [0.05, 0.1) is 9.40 Å². The number of halogens is 2. The van der Waals surface area contributed by atoms with E-state index in [1.807, 2.05) is 0 Å². The summed E-state index contributed by atoms with van der Waals surface area (Å²) in [5.41, 5.74) is 1.54. The maximum Gasteiger partial charge on any atom is 0.287 e. The molecule has 0 aliphatic carbocycles. The van der Waals surface area contributed by atoms with Crippen LogP contribution in [0.25, 0.3) is 0 Å². The molecule has 0 saturated carbocycles. The second kappa shape index (κ2) is 5.89. The van der Waals surface area contributed by atoms with E-state index in [9.17, 15) is 14.5 Å². The Morgan fingerprint density at radius 1 is 1.38 bits per heavy atom. The summed E-state index contributed by atoms with van der Waals surface area (Å²) in [5, 5.41) is 22.7. The smallest absolute Gasteiger partial charge is 0.287 e. The predicted octanol–water partition coefficient (Wildman–Crippen LogP) is 4.42. The van der Waals surface area contributed by atoms with Crippen molar-refractivity contribution in [1.82, 2.24) is 0 Å². The van der Waals surface area contributed by atoms with Crippen LogP contribution in [-0.4, -0.2) is 4.92 Å². The van der Waals surface area contributed by atoms with Crippen molar-refractivity contribution in [2.24, 2.45) is 0 Å². The third-order valence-electron chi connectivity index (χ3n) is 2.86. The number of aryl methyl sites for hydroxylation is 1. The van der Waals surface area contributed by atoms with Gasteiger partial charge in [-0.2, -0.15) is 5.26 Å². The summed E-state index contributed by atoms with van der Waals surface area (Å²) in [6, 6.07) is 8.86. The number of nitro benzene ring substituents is 1. The summed E-state index contributed by atoms with van der Waals surface area (Å²) in [5.74, 6) is -0.375. The molecule has 0 unspecified atom stereocenters. The van der Waals surface area contributed by atoms with E-state index in [2.05, 4.69) is 21.2 Å². The number of hydrogen-bond acceptors (Lipinski definition) is 4. The maximum absolute atomic E-state index is 13.4. The zero-order valence-electron chi connectivity index (χ0n) is 10.9. The third kappa shape index (κ3) is 3.17. The monoisotopic (exact) mass is 349 g/mol. The van der Waals surface area contributed by atoms with E-state index < -0.39 is 4.92 Å². The summed E-state index contributed by atoms with van der Waals surface area (Å²) in [6.07, 6.45) is 0. The number of hydrogen-bond donors (Lipinski definition) is 1. The van der Waals surface area contributed by atoms with E-state index in [4.69, 9.17) is 5.26 Å². The number of rotatable bonds is 3. The number of nitro groups is 1. The first kappa shape index (κ1) is 14.9. The molecule has 5 nitrogen and oxygen atoms in total. The zero-order chi connectivity index (χ0) is 15.6. The molecule has 2 aromatic carbocycles. The van der Waals surface area contributed by atoms with Crippen LogP contribution >= 0.6 is 15.9 Å². The molecule has 2 rings (SSSR count). The minimum Gasteiger partial charge on any atom is -0.355 e. The molecule has 0 radical (unpaired) electrons. The molecular weight excluding hydrogens is 341 g/mol. The lowest BCUT2D eigenvalue weighted by molar-refractivity contribution is -0.385.